The molecule has 1 atom stereocenters. The zero-order valence-electron chi connectivity index (χ0n) is 14.0. The summed E-state index contributed by atoms with van der Waals surface area (Å²) in [5, 5.41) is 3.08. The average Bonchev–Trinajstić information content (AvgIpc) is 2.54. The maximum Gasteiger partial charge on any atom is 0.251 e. The lowest BCUT2D eigenvalue weighted by molar-refractivity contribution is 0.0922. The van der Waals surface area contributed by atoms with Crippen LogP contribution in [0.4, 0.5) is 0 Å². The molecule has 22 heavy (non-hydrogen) atoms. The van der Waals surface area contributed by atoms with Crippen LogP contribution in [-0.2, 0) is 11.3 Å². The molecule has 122 valence electrons. The molecule has 0 aromatic heterocycles. The van der Waals surface area contributed by atoms with Gasteiger partial charge >= 0.3 is 0 Å². The fraction of sp³-hybridized carbons (Fsp3) is 0.611. The first-order valence-corrected chi connectivity index (χ1v) is 8.20. The molecule has 1 saturated heterocycles. The minimum absolute atomic E-state index is 0.0191. The number of nitrogens with one attached hydrogen (secondary N) is 1. The third-order valence-corrected chi connectivity index (χ3v) is 4.36. The number of hydrogen-bond acceptors (Lipinski definition) is 3. The quantitative estimate of drug-likeness (QED) is 0.878. The van der Waals surface area contributed by atoms with Crippen LogP contribution < -0.4 is 5.32 Å². The average molecular weight is 304 g/mol. The van der Waals surface area contributed by atoms with Crippen LogP contribution in [0.1, 0.15) is 42.6 Å². The molecule has 0 saturated carbocycles. The first-order valence-electron chi connectivity index (χ1n) is 8.20. The number of nitrogens with zero attached hydrogens (tertiary/aromatic N) is 1. The third kappa shape index (κ3) is 4.82. The van der Waals surface area contributed by atoms with Crippen LogP contribution in [0.25, 0.3) is 0 Å². The highest BCUT2D eigenvalue weighted by atomic mass is 16.5. The van der Waals surface area contributed by atoms with Crippen LogP contribution in [0.15, 0.2) is 24.3 Å². The van der Waals surface area contributed by atoms with E-state index in [2.05, 4.69) is 24.1 Å². The van der Waals surface area contributed by atoms with Crippen molar-refractivity contribution in [3.63, 3.8) is 0 Å². The van der Waals surface area contributed by atoms with Crippen molar-refractivity contribution in [1.82, 2.24) is 10.2 Å². The number of benzene rings is 1. The molecule has 0 radical (unpaired) electrons. The molecular formula is C18H28N2O2. The highest BCUT2D eigenvalue weighted by molar-refractivity contribution is 5.94. The van der Waals surface area contributed by atoms with Crippen molar-refractivity contribution >= 4 is 5.91 Å². The molecule has 0 aliphatic carbocycles. The lowest BCUT2D eigenvalue weighted by atomic mass is 9.97. The van der Waals surface area contributed by atoms with Gasteiger partial charge in [-0.2, -0.15) is 0 Å². The molecule has 1 heterocycles. The number of piperidine rings is 1. The summed E-state index contributed by atoms with van der Waals surface area (Å²) >= 11 is 0. The molecule has 1 aliphatic rings. The van der Waals surface area contributed by atoms with Crippen molar-refractivity contribution in [2.75, 3.05) is 26.7 Å². The van der Waals surface area contributed by atoms with Crippen molar-refractivity contribution in [2.24, 2.45) is 5.92 Å². The van der Waals surface area contributed by atoms with Crippen molar-refractivity contribution < 1.29 is 9.53 Å². The van der Waals surface area contributed by atoms with Gasteiger partial charge in [-0.25, -0.2) is 0 Å². The van der Waals surface area contributed by atoms with E-state index in [0.717, 1.165) is 24.2 Å². The van der Waals surface area contributed by atoms with Crippen molar-refractivity contribution in [3.8, 4) is 0 Å². The number of hydrogen-bond donors (Lipinski definition) is 1. The molecular weight excluding hydrogens is 276 g/mol. The topological polar surface area (TPSA) is 41.6 Å². The van der Waals surface area contributed by atoms with Gasteiger partial charge in [-0.15, -0.1) is 0 Å². The summed E-state index contributed by atoms with van der Waals surface area (Å²) in [7, 11) is 1.67. The molecule has 1 aromatic rings. The van der Waals surface area contributed by atoms with E-state index in [1.807, 2.05) is 24.3 Å². The van der Waals surface area contributed by atoms with Crippen LogP contribution in [0.2, 0.25) is 0 Å². The van der Waals surface area contributed by atoms with Crippen LogP contribution in [0.5, 0.6) is 0 Å². The molecule has 0 spiro atoms. The zero-order chi connectivity index (χ0) is 15.9. The fourth-order valence-corrected chi connectivity index (χ4v) is 2.99. The highest BCUT2D eigenvalue weighted by Gasteiger charge is 2.22. The van der Waals surface area contributed by atoms with Gasteiger partial charge in [0.15, 0.2) is 0 Å². The van der Waals surface area contributed by atoms with Crippen LogP contribution in [0.3, 0.4) is 0 Å². The van der Waals surface area contributed by atoms with E-state index in [1.165, 1.54) is 19.4 Å². The summed E-state index contributed by atoms with van der Waals surface area (Å²) in [6, 6.07) is 8.21. The Bertz CT molecular complexity index is 470. The van der Waals surface area contributed by atoms with Gasteiger partial charge in [0.1, 0.15) is 0 Å². The minimum Gasteiger partial charge on any atom is -0.380 e. The van der Waals surface area contributed by atoms with Crippen molar-refractivity contribution in [3.05, 3.63) is 35.4 Å². The van der Waals surface area contributed by atoms with Gasteiger partial charge in [0.05, 0.1) is 6.61 Å². The molecule has 4 heteroatoms. The van der Waals surface area contributed by atoms with E-state index in [4.69, 9.17) is 4.74 Å². The largest absolute Gasteiger partial charge is 0.380 e. The highest BCUT2D eigenvalue weighted by Crippen LogP contribution is 2.17. The maximum absolute atomic E-state index is 12.2. The van der Waals surface area contributed by atoms with Gasteiger partial charge in [0.2, 0.25) is 0 Å². The van der Waals surface area contributed by atoms with E-state index in [0.29, 0.717) is 18.6 Å². The number of rotatable bonds is 6. The number of carbonyl (C=O) groups excluding carboxylic acids is 1. The van der Waals surface area contributed by atoms with Crippen LogP contribution >= 0.6 is 0 Å². The van der Waals surface area contributed by atoms with Gasteiger partial charge < -0.3 is 15.0 Å². The summed E-state index contributed by atoms with van der Waals surface area (Å²) in [5.41, 5.74) is 1.80. The number of ether oxygens (including phenoxy) is 1. The Labute approximate surface area is 133 Å². The van der Waals surface area contributed by atoms with E-state index < -0.39 is 0 Å². The second kappa shape index (κ2) is 8.30. The lowest BCUT2D eigenvalue weighted by Gasteiger charge is -2.35. The van der Waals surface area contributed by atoms with Gasteiger partial charge in [-0.3, -0.25) is 4.79 Å². The Balaban J connectivity index is 1.81. The SMILES string of the molecule is COCc1ccc(C(=O)NCC2CCCN(C(C)C)C2)cc1. The Morgan fingerprint density at radius 1 is 1.36 bits per heavy atom. The second-order valence-electron chi connectivity index (χ2n) is 6.44. The molecule has 1 aliphatic heterocycles. The smallest absolute Gasteiger partial charge is 0.251 e. The zero-order valence-corrected chi connectivity index (χ0v) is 14.0. The van der Waals surface area contributed by atoms with Gasteiger partial charge in [0, 0.05) is 31.8 Å². The van der Waals surface area contributed by atoms with E-state index in [9.17, 15) is 4.79 Å². The molecule has 4 nitrogen and oxygen atoms in total. The van der Waals surface area contributed by atoms with Gasteiger partial charge in [-0.05, 0) is 56.8 Å². The Morgan fingerprint density at radius 3 is 2.73 bits per heavy atom. The summed E-state index contributed by atoms with van der Waals surface area (Å²) in [5.74, 6) is 0.582. The van der Waals surface area contributed by atoms with Crippen molar-refractivity contribution in [1.29, 1.82) is 0 Å². The molecule has 2 rings (SSSR count). The summed E-state index contributed by atoms with van der Waals surface area (Å²) in [6.07, 6.45) is 2.43. The van der Waals surface area contributed by atoms with Gasteiger partial charge in [-0.1, -0.05) is 12.1 Å². The number of methoxy groups -OCH3 is 1. The second-order valence-corrected chi connectivity index (χ2v) is 6.44. The summed E-state index contributed by atoms with van der Waals surface area (Å²) in [4.78, 5) is 14.7. The Morgan fingerprint density at radius 2 is 2.09 bits per heavy atom. The summed E-state index contributed by atoms with van der Waals surface area (Å²) < 4.78 is 5.08. The lowest BCUT2D eigenvalue weighted by Crippen LogP contribution is -2.43. The monoisotopic (exact) mass is 304 g/mol. The molecule has 1 unspecified atom stereocenters. The standard InChI is InChI=1S/C18H28N2O2/c1-14(2)20-10-4-5-16(12-20)11-19-18(21)17-8-6-15(7-9-17)13-22-3/h6-9,14,16H,4-5,10-13H2,1-3H3,(H,19,21). The van der Waals surface area contributed by atoms with Crippen molar-refractivity contribution in [2.45, 2.75) is 39.3 Å². The normalized spacial score (nSPS) is 19.4. The Kier molecular flexibility index (Phi) is 6.40. The first kappa shape index (κ1) is 17.0. The van der Waals surface area contributed by atoms with E-state index >= 15 is 0 Å². The molecule has 0 bridgehead atoms. The number of likely N-dealkylation sites (tertiary alicyclic amines) is 1. The number of amides is 1. The van der Waals surface area contributed by atoms with E-state index in [1.54, 1.807) is 7.11 Å². The summed E-state index contributed by atoms with van der Waals surface area (Å²) in [6.45, 7) is 8.09. The van der Waals surface area contributed by atoms with Crippen LogP contribution in [0, 0.1) is 5.92 Å². The predicted molar refractivity (Wildman–Crippen MR) is 88.9 cm³/mol. The Hall–Kier alpha value is -1.39. The van der Waals surface area contributed by atoms with Gasteiger partial charge in [0.25, 0.3) is 5.91 Å². The molecule has 1 aromatic carbocycles. The molecule has 1 fully saturated rings. The predicted octanol–water partition coefficient (Wildman–Crippen LogP) is 2.68. The first-order chi connectivity index (χ1) is 10.6. The number of carbonyl (C=O) groups is 1. The maximum atomic E-state index is 12.2. The van der Waals surface area contributed by atoms with Crippen LogP contribution in [-0.4, -0.2) is 43.6 Å². The molecule has 1 N–H and O–H groups in total. The minimum atomic E-state index is 0.0191. The fourth-order valence-electron chi connectivity index (χ4n) is 2.99. The molecule has 1 amide bonds. The third-order valence-electron chi connectivity index (χ3n) is 4.36. The van der Waals surface area contributed by atoms with E-state index in [-0.39, 0.29) is 5.91 Å².